The summed E-state index contributed by atoms with van der Waals surface area (Å²) in [4.78, 5) is 78.7. The monoisotopic (exact) mass is 666 g/mol. The molecule has 9 N–H and O–H groups in total. The summed E-state index contributed by atoms with van der Waals surface area (Å²) in [6.07, 6.45) is 0.782. The largest absolute Gasteiger partial charge is 0.508 e. The van der Waals surface area contributed by atoms with E-state index in [2.05, 4.69) is 16.0 Å². The van der Waals surface area contributed by atoms with Crippen molar-refractivity contribution in [3.63, 3.8) is 0 Å². The Kier molecular flexibility index (Phi) is 13.9. The smallest absolute Gasteiger partial charge is 0.326 e. The first-order chi connectivity index (χ1) is 22.7. The second kappa shape index (κ2) is 17.8. The molecule has 0 saturated carbocycles. The van der Waals surface area contributed by atoms with Crippen LogP contribution in [-0.4, -0.2) is 87.4 Å². The van der Waals surface area contributed by atoms with Crippen LogP contribution in [0.3, 0.4) is 0 Å². The summed E-state index contributed by atoms with van der Waals surface area (Å²) in [6, 6.07) is 9.44. The van der Waals surface area contributed by atoms with E-state index in [0.717, 1.165) is 5.56 Å². The minimum atomic E-state index is -1.31. The number of benzene rings is 2. The number of carbonyl (C=O) groups excluding carboxylic acids is 5. The summed E-state index contributed by atoms with van der Waals surface area (Å²) in [5.41, 5.74) is 12.9. The fraction of sp³-hybridized carbons (Fsp3) is 0.471. The molecule has 1 aliphatic heterocycles. The molecular weight excluding hydrogens is 620 g/mol. The highest BCUT2D eigenvalue weighted by Gasteiger charge is 2.39. The van der Waals surface area contributed by atoms with Crippen LogP contribution in [-0.2, 0) is 41.6 Å². The molecule has 14 heteroatoms. The van der Waals surface area contributed by atoms with E-state index in [1.54, 1.807) is 42.5 Å². The molecule has 0 aromatic heterocycles. The Labute approximate surface area is 279 Å². The van der Waals surface area contributed by atoms with Gasteiger partial charge in [0.1, 0.15) is 29.9 Å². The second-order valence-corrected chi connectivity index (χ2v) is 12.5. The number of aliphatic carboxylic acids is 1. The topological polar surface area (TPSA) is 234 Å². The van der Waals surface area contributed by atoms with Crippen LogP contribution >= 0.6 is 0 Å². The predicted octanol–water partition coefficient (Wildman–Crippen LogP) is 0.346. The number of carboxylic acids is 1. The third-order valence-corrected chi connectivity index (χ3v) is 8.10. The summed E-state index contributed by atoms with van der Waals surface area (Å²) < 4.78 is 0. The number of phenolic OH excluding ortho intramolecular Hbond substituents is 1. The highest BCUT2D eigenvalue weighted by molar-refractivity contribution is 5.96. The number of hydrogen-bond acceptors (Lipinski definition) is 8. The lowest BCUT2D eigenvalue weighted by atomic mass is 10.0. The van der Waals surface area contributed by atoms with Gasteiger partial charge in [-0.1, -0.05) is 56.3 Å². The van der Waals surface area contributed by atoms with Gasteiger partial charge in [-0.05, 0) is 61.3 Å². The van der Waals surface area contributed by atoms with E-state index in [9.17, 15) is 39.0 Å². The average Bonchev–Trinajstić information content (AvgIpc) is 3.53. The molecule has 2 aromatic carbocycles. The van der Waals surface area contributed by atoms with Gasteiger partial charge in [0.25, 0.3) is 0 Å². The van der Waals surface area contributed by atoms with Crippen LogP contribution in [0.25, 0.3) is 0 Å². The van der Waals surface area contributed by atoms with Gasteiger partial charge in [-0.3, -0.25) is 24.0 Å². The number of rotatable bonds is 17. The normalized spacial score (nSPS) is 16.8. The van der Waals surface area contributed by atoms with Crippen LogP contribution in [0.1, 0.15) is 57.1 Å². The Morgan fingerprint density at radius 1 is 0.854 bits per heavy atom. The van der Waals surface area contributed by atoms with Gasteiger partial charge in [0.2, 0.25) is 29.5 Å². The fourth-order valence-corrected chi connectivity index (χ4v) is 5.60. The zero-order valence-corrected chi connectivity index (χ0v) is 27.3. The fourth-order valence-electron chi connectivity index (χ4n) is 5.60. The molecule has 0 radical (unpaired) electrons. The molecule has 48 heavy (non-hydrogen) atoms. The number of carboxylic acid groups (broad SMARTS) is 1. The van der Waals surface area contributed by atoms with Crippen molar-refractivity contribution in [3.8, 4) is 5.75 Å². The molecule has 5 amide bonds. The van der Waals surface area contributed by atoms with Crippen molar-refractivity contribution in [2.75, 3.05) is 6.54 Å². The van der Waals surface area contributed by atoms with E-state index >= 15 is 0 Å². The maximum atomic E-state index is 13.8. The summed E-state index contributed by atoms with van der Waals surface area (Å²) in [7, 11) is 0. The van der Waals surface area contributed by atoms with Crippen LogP contribution in [0.5, 0.6) is 5.75 Å². The molecule has 1 heterocycles. The van der Waals surface area contributed by atoms with Crippen molar-refractivity contribution in [2.45, 2.75) is 89.0 Å². The zero-order chi connectivity index (χ0) is 35.4. The molecule has 1 fully saturated rings. The van der Waals surface area contributed by atoms with Gasteiger partial charge in [-0.15, -0.1) is 0 Å². The molecule has 0 spiro atoms. The first kappa shape index (κ1) is 37.5. The van der Waals surface area contributed by atoms with E-state index < -0.39 is 65.7 Å². The average molecular weight is 667 g/mol. The van der Waals surface area contributed by atoms with Gasteiger partial charge in [0.05, 0.1) is 6.04 Å². The van der Waals surface area contributed by atoms with Gasteiger partial charge < -0.3 is 42.5 Å². The molecule has 0 bridgehead atoms. The Morgan fingerprint density at radius 3 is 2.08 bits per heavy atom. The highest BCUT2D eigenvalue weighted by atomic mass is 16.4. The lowest BCUT2D eigenvalue weighted by molar-refractivity contribution is -0.143. The van der Waals surface area contributed by atoms with Crippen molar-refractivity contribution in [1.82, 2.24) is 20.9 Å². The third-order valence-electron chi connectivity index (χ3n) is 8.10. The molecule has 260 valence electrons. The molecule has 2 aromatic rings. The number of likely N-dealkylation sites (tertiary alicyclic amines) is 1. The second-order valence-electron chi connectivity index (χ2n) is 12.5. The molecule has 14 nitrogen and oxygen atoms in total. The Hall–Kier alpha value is -4.98. The van der Waals surface area contributed by atoms with Crippen molar-refractivity contribution in [1.29, 1.82) is 0 Å². The number of aromatic hydroxyl groups is 1. The Morgan fingerprint density at radius 2 is 1.48 bits per heavy atom. The molecule has 0 aliphatic carbocycles. The van der Waals surface area contributed by atoms with Gasteiger partial charge in [-0.25, -0.2) is 4.79 Å². The van der Waals surface area contributed by atoms with E-state index in [1.807, 2.05) is 13.8 Å². The van der Waals surface area contributed by atoms with Gasteiger partial charge in [0, 0.05) is 19.4 Å². The Balaban J connectivity index is 1.72. The number of carbonyl (C=O) groups is 6. The van der Waals surface area contributed by atoms with Crippen molar-refractivity contribution in [3.05, 3.63) is 65.7 Å². The van der Waals surface area contributed by atoms with Crippen molar-refractivity contribution >= 4 is 35.5 Å². The third kappa shape index (κ3) is 11.4. The number of hydrogen-bond donors (Lipinski definition) is 7. The standard InChI is InChI=1S/C34H46N6O8/c1-20(2)17-26(38-30(43)24(35)18-22-10-12-23(41)13-11-22)33(46)40-16-6-9-28(40)32(45)37-25(14-15-29(36)42)31(44)39-27(34(47)48)19-21-7-4-3-5-8-21/h3-5,7-8,10-13,20,24-28,41H,6,9,14-19,35H2,1-2H3,(H2,36,42)(H,37,45)(H,38,43)(H,39,44)(H,47,48)/t24-,25-,26-,27-,28-/m0/s1. The molecular formula is C34H46N6O8. The Bertz CT molecular complexity index is 1430. The molecule has 5 atom stereocenters. The maximum absolute atomic E-state index is 13.8. The summed E-state index contributed by atoms with van der Waals surface area (Å²) >= 11 is 0. The number of nitrogens with two attached hydrogens (primary N) is 2. The van der Waals surface area contributed by atoms with Gasteiger partial charge in [0.15, 0.2) is 0 Å². The quantitative estimate of drug-likeness (QED) is 0.123. The number of primary amides is 1. The highest BCUT2D eigenvalue weighted by Crippen LogP contribution is 2.21. The SMILES string of the molecule is CC(C)C[C@H](NC(=O)[C@@H](N)Cc1ccc(O)cc1)C(=O)N1CCC[C@H]1C(=O)N[C@@H](CCC(N)=O)C(=O)N[C@@H](Cc1ccccc1)C(=O)O. The van der Waals surface area contributed by atoms with E-state index in [4.69, 9.17) is 11.5 Å². The van der Waals surface area contributed by atoms with Crippen LogP contribution in [0.2, 0.25) is 0 Å². The van der Waals surface area contributed by atoms with Gasteiger partial charge in [-0.2, -0.15) is 0 Å². The van der Waals surface area contributed by atoms with Crippen molar-refractivity contribution in [2.24, 2.45) is 17.4 Å². The minimum absolute atomic E-state index is 0.00222. The number of nitrogens with one attached hydrogen (secondary N) is 3. The molecule has 1 saturated heterocycles. The minimum Gasteiger partial charge on any atom is -0.508 e. The number of phenols is 1. The molecule has 3 rings (SSSR count). The van der Waals surface area contributed by atoms with Crippen LogP contribution in [0, 0.1) is 5.92 Å². The maximum Gasteiger partial charge on any atom is 0.326 e. The van der Waals surface area contributed by atoms with Crippen LogP contribution in [0.4, 0.5) is 0 Å². The summed E-state index contributed by atoms with van der Waals surface area (Å²) in [6.45, 7) is 4.01. The van der Waals surface area contributed by atoms with Crippen molar-refractivity contribution < 1.29 is 39.0 Å². The number of amides is 5. The summed E-state index contributed by atoms with van der Waals surface area (Å²) in [5.74, 6) is -4.39. The number of nitrogens with zero attached hydrogens (tertiary/aromatic N) is 1. The van der Waals surface area contributed by atoms with Crippen LogP contribution in [0.15, 0.2) is 54.6 Å². The first-order valence-electron chi connectivity index (χ1n) is 16.0. The van der Waals surface area contributed by atoms with Crippen LogP contribution < -0.4 is 27.4 Å². The molecule has 1 aliphatic rings. The lowest BCUT2D eigenvalue weighted by Gasteiger charge is -2.31. The summed E-state index contributed by atoms with van der Waals surface area (Å²) in [5, 5.41) is 27.1. The molecule has 0 unspecified atom stereocenters. The van der Waals surface area contributed by atoms with E-state index in [-0.39, 0.29) is 56.7 Å². The van der Waals surface area contributed by atoms with E-state index in [1.165, 1.54) is 17.0 Å². The lowest BCUT2D eigenvalue weighted by Crippen LogP contribution is -2.58. The van der Waals surface area contributed by atoms with E-state index in [0.29, 0.717) is 12.0 Å². The predicted molar refractivity (Wildman–Crippen MR) is 176 cm³/mol. The zero-order valence-electron chi connectivity index (χ0n) is 27.3. The first-order valence-corrected chi connectivity index (χ1v) is 16.0. The van der Waals surface area contributed by atoms with Gasteiger partial charge >= 0.3 is 5.97 Å².